The quantitative estimate of drug-likeness (QED) is 0.818. The highest BCUT2D eigenvalue weighted by atomic mass is 35.5. The van der Waals surface area contributed by atoms with Crippen molar-refractivity contribution in [2.45, 2.75) is 26.3 Å². The summed E-state index contributed by atoms with van der Waals surface area (Å²) >= 11 is 6.07. The molecule has 1 saturated heterocycles. The van der Waals surface area contributed by atoms with E-state index in [4.69, 9.17) is 11.6 Å². The van der Waals surface area contributed by atoms with Crippen molar-refractivity contribution in [3.63, 3.8) is 0 Å². The summed E-state index contributed by atoms with van der Waals surface area (Å²) in [5.41, 5.74) is 0.631. The largest absolute Gasteiger partial charge is 0.301 e. The summed E-state index contributed by atoms with van der Waals surface area (Å²) in [7, 11) is 0. The van der Waals surface area contributed by atoms with Crippen molar-refractivity contribution in [1.29, 1.82) is 0 Å². The van der Waals surface area contributed by atoms with Crippen LogP contribution in [0.15, 0.2) is 18.2 Å². The van der Waals surface area contributed by atoms with Gasteiger partial charge in [0, 0.05) is 43.3 Å². The molecule has 1 aromatic rings. The summed E-state index contributed by atoms with van der Waals surface area (Å²) in [4.78, 5) is 4.77. The van der Waals surface area contributed by atoms with E-state index in [1.807, 2.05) is 0 Å². The number of halogens is 2. The smallest absolute Gasteiger partial charge is 0.129 e. The zero-order chi connectivity index (χ0) is 13.7. The fourth-order valence-electron chi connectivity index (χ4n) is 2.46. The molecule has 1 aromatic carbocycles. The van der Waals surface area contributed by atoms with Gasteiger partial charge < -0.3 is 4.90 Å². The predicted octanol–water partition coefficient (Wildman–Crippen LogP) is 3.40. The molecule has 0 amide bonds. The summed E-state index contributed by atoms with van der Waals surface area (Å²) in [6.07, 6.45) is 2.50. The molecule has 0 aromatic heterocycles. The normalized spacial score (nSPS) is 17.8. The third-order valence-electron chi connectivity index (χ3n) is 3.74. The second-order valence-electron chi connectivity index (χ2n) is 5.17. The van der Waals surface area contributed by atoms with Crippen molar-refractivity contribution in [1.82, 2.24) is 9.80 Å². The van der Waals surface area contributed by atoms with Crippen molar-refractivity contribution in [3.05, 3.63) is 34.6 Å². The Morgan fingerprint density at radius 2 is 1.84 bits per heavy atom. The average molecular weight is 285 g/mol. The lowest BCUT2D eigenvalue weighted by atomic mass is 10.1. The van der Waals surface area contributed by atoms with Crippen molar-refractivity contribution >= 4 is 11.6 Å². The molecule has 0 spiro atoms. The minimum absolute atomic E-state index is 0.194. The maximum Gasteiger partial charge on any atom is 0.129 e. The molecule has 2 rings (SSSR count). The highest BCUT2D eigenvalue weighted by Gasteiger charge is 2.18. The minimum Gasteiger partial charge on any atom is -0.301 e. The van der Waals surface area contributed by atoms with Crippen LogP contribution in [0, 0.1) is 5.82 Å². The Kier molecular flexibility index (Phi) is 5.61. The molecule has 0 atom stereocenters. The number of piperazine rings is 1. The third-order valence-corrected chi connectivity index (χ3v) is 4.09. The summed E-state index contributed by atoms with van der Waals surface area (Å²) in [6, 6.07) is 4.90. The molecule has 0 aliphatic carbocycles. The average Bonchev–Trinajstić information content (AvgIpc) is 2.42. The Labute approximate surface area is 120 Å². The second-order valence-corrected chi connectivity index (χ2v) is 5.58. The standard InChI is InChI=1S/C15H22ClFN2/c1-2-3-7-18-8-10-19(11-9-18)12-13-14(16)5-4-6-15(13)17/h4-6H,2-3,7-12H2,1H3. The lowest BCUT2D eigenvalue weighted by Gasteiger charge is -2.34. The number of rotatable bonds is 5. The Hall–Kier alpha value is -0.640. The van der Waals surface area contributed by atoms with E-state index < -0.39 is 0 Å². The van der Waals surface area contributed by atoms with Crippen LogP contribution in [0.4, 0.5) is 4.39 Å². The van der Waals surface area contributed by atoms with Gasteiger partial charge in [-0.1, -0.05) is 31.0 Å². The predicted molar refractivity (Wildman–Crippen MR) is 78.0 cm³/mol. The molecule has 1 aliphatic heterocycles. The van der Waals surface area contributed by atoms with Crippen LogP contribution in [0.25, 0.3) is 0 Å². The molecule has 19 heavy (non-hydrogen) atoms. The molecule has 0 radical (unpaired) electrons. The van der Waals surface area contributed by atoms with Gasteiger partial charge in [0.2, 0.25) is 0 Å². The fraction of sp³-hybridized carbons (Fsp3) is 0.600. The Morgan fingerprint density at radius 1 is 1.16 bits per heavy atom. The molecule has 4 heteroatoms. The second kappa shape index (κ2) is 7.22. The van der Waals surface area contributed by atoms with E-state index in [9.17, 15) is 4.39 Å². The Balaban J connectivity index is 1.85. The maximum atomic E-state index is 13.7. The van der Waals surface area contributed by atoms with Gasteiger partial charge in [-0.15, -0.1) is 0 Å². The first kappa shape index (κ1) is 14.8. The van der Waals surface area contributed by atoms with Crippen LogP contribution >= 0.6 is 11.6 Å². The van der Waals surface area contributed by atoms with Crippen molar-refractivity contribution in [3.8, 4) is 0 Å². The monoisotopic (exact) mass is 284 g/mol. The van der Waals surface area contributed by atoms with Crippen LogP contribution in [-0.4, -0.2) is 42.5 Å². The van der Waals surface area contributed by atoms with E-state index in [1.165, 1.54) is 25.5 Å². The van der Waals surface area contributed by atoms with Crippen LogP contribution in [0.3, 0.4) is 0 Å². The van der Waals surface area contributed by atoms with E-state index in [1.54, 1.807) is 12.1 Å². The first-order valence-corrected chi connectivity index (χ1v) is 7.46. The number of unbranched alkanes of at least 4 members (excludes halogenated alkanes) is 1. The molecule has 1 fully saturated rings. The molecule has 0 N–H and O–H groups in total. The Bertz CT molecular complexity index is 383. The van der Waals surface area contributed by atoms with Gasteiger partial charge in [0.1, 0.15) is 5.82 Å². The van der Waals surface area contributed by atoms with Gasteiger partial charge in [-0.25, -0.2) is 4.39 Å². The summed E-state index contributed by atoms with van der Waals surface area (Å²) in [6.45, 7) is 8.16. The number of hydrogen-bond donors (Lipinski definition) is 0. The molecule has 1 aliphatic rings. The van der Waals surface area contributed by atoms with Gasteiger partial charge in [-0.05, 0) is 25.1 Å². The highest BCUT2D eigenvalue weighted by molar-refractivity contribution is 6.31. The van der Waals surface area contributed by atoms with E-state index in [0.717, 1.165) is 26.2 Å². The van der Waals surface area contributed by atoms with Crippen LogP contribution in [0.1, 0.15) is 25.3 Å². The third kappa shape index (κ3) is 4.16. The van der Waals surface area contributed by atoms with Crippen LogP contribution < -0.4 is 0 Å². The molecule has 0 unspecified atom stereocenters. The molecule has 1 heterocycles. The van der Waals surface area contributed by atoms with Gasteiger partial charge in [0.15, 0.2) is 0 Å². The zero-order valence-corrected chi connectivity index (χ0v) is 12.3. The fourth-order valence-corrected chi connectivity index (χ4v) is 2.68. The van der Waals surface area contributed by atoms with Gasteiger partial charge in [0.05, 0.1) is 0 Å². The lowest BCUT2D eigenvalue weighted by Crippen LogP contribution is -2.46. The maximum absolute atomic E-state index is 13.7. The highest BCUT2D eigenvalue weighted by Crippen LogP contribution is 2.21. The number of nitrogens with zero attached hydrogens (tertiary/aromatic N) is 2. The number of benzene rings is 1. The molecular formula is C15H22ClFN2. The molecule has 0 saturated carbocycles. The molecule has 0 bridgehead atoms. The van der Waals surface area contributed by atoms with Crippen molar-refractivity contribution < 1.29 is 4.39 Å². The summed E-state index contributed by atoms with van der Waals surface area (Å²) < 4.78 is 13.7. The van der Waals surface area contributed by atoms with Crippen molar-refractivity contribution in [2.24, 2.45) is 0 Å². The van der Waals surface area contributed by atoms with E-state index in [0.29, 0.717) is 17.1 Å². The van der Waals surface area contributed by atoms with Gasteiger partial charge in [-0.3, -0.25) is 4.90 Å². The SMILES string of the molecule is CCCCN1CCN(Cc2c(F)cccc2Cl)CC1. The van der Waals surface area contributed by atoms with Crippen molar-refractivity contribution in [2.75, 3.05) is 32.7 Å². The molecule has 106 valence electrons. The van der Waals surface area contributed by atoms with Gasteiger partial charge >= 0.3 is 0 Å². The van der Waals surface area contributed by atoms with E-state index >= 15 is 0 Å². The van der Waals surface area contributed by atoms with Crippen LogP contribution in [0.5, 0.6) is 0 Å². The van der Waals surface area contributed by atoms with Gasteiger partial charge in [-0.2, -0.15) is 0 Å². The zero-order valence-electron chi connectivity index (χ0n) is 11.5. The van der Waals surface area contributed by atoms with Gasteiger partial charge in [0.25, 0.3) is 0 Å². The van der Waals surface area contributed by atoms with E-state index in [2.05, 4.69) is 16.7 Å². The minimum atomic E-state index is -0.194. The summed E-state index contributed by atoms with van der Waals surface area (Å²) in [5.74, 6) is -0.194. The summed E-state index contributed by atoms with van der Waals surface area (Å²) in [5, 5.41) is 0.536. The topological polar surface area (TPSA) is 6.48 Å². The number of hydrogen-bond acceptors (Lipinski definition) is 2. The lowest BCUT2D eigenvalue weighted by molar-refractivity contribution is 0.125. The molecular weight excluding hydrogens is 263 g/mol. The van der Waals surface area contributed by atoms with Crippen LogP contribution in [0.2, 0.25) is 5.02 Å². The van der Waals surface area contributed by atoms with Crippen LogP contribution in [-0.2, 0) is 6.54 Å². The first-order chi connectivity index (χ1) is 9.20. The Morgan fingerprint density at radius 3 is 2.47 bits per heavy atom. The first-order valence-electron chi connectivity index (χ1n) is 7.08. The molecule has 2 nitrogen and oxygen atoms in total. The van der Waals surface area contributed by atoms with E-state index in [-0.39, 0.29) is 5.82 Å².